The van der Waals surface area contributed by atoms with Crippen LogP contribution in [-0.4, -0.2) is 34.8 Å². The number of likely N-dealkylation sites (tertiary alicyclic amines) is 1. The standard InChI is InChI=1S/C24H22BrN3O3/c1-16-20(24(30)28-13-2-3-14-28)5-4-6-21(16)27-23(29)17-7-12-22(26-15-17)31-19-10-8-18(25)9-11-19/h4-12,15H,2-3,13-14H2,1H3,(H,27,29). The zero-order valence-electron chi connectivity index (χ0n) is 17.1. The highest BCUT2D eigenvalue weighted by Gasteiger charge is 2.22. The summed E-state index contributed by atoms with van der Waals surface area (Å²) in [6.07, 6.45) is 3.55. The monoisotopic (exact) mass is 479 g/mol. The molecule has 1 fully saturated rings. The highest BCUT2D eigenvalue weighted by molar-refractivity contribution is 9.10. The van der Waals surface area contributed by atoms with E-state index in [9.17, 15) is 9.59 Å². The Labute approximate surface area is 189 Å². The Bertz CT molecular complexity index is 1090. The van der Waals surface area contributed by atoms with Crippen molar-refractivity contribution < 1.29 is 14.3 Å². The first-order valence-corrected chi connectivity index (χ1v) is 10.9. The average molecular weight is 480 g/mol. The molecule has 1 aromatic heterocycles. The van der Waals surface area contributed by atoms with Gasteiger partial charge in [-0.15, -0.1) is 0 Å². The highest BCUT2D eigenvalue weighted by Crippen LogP contribution is 2.24. The Morgan fingerprint density at radius 3 is 2.45 bits per heavy atom. The number of carbonyl (C=O) groups excluding carboxylic acids is 2. The fourth-order valence-electron chi connectivity index (χ4n) is 3.49. The van der Waals surface area contributed by atoms with E-state index in [0.717, 1.165) is 36.0 Å². The van der Waals surface area contributed by atoms with Gasteiger partial charge in [-0.3, -0.25) is 9.59 Å². The van der Waals surface area contributed by atoms with Crippen molar-refractivity contribution in [2.75, 3.05) is 18.4 Å². The molecule has 0 atom stereocenters. The first-order valence-electron chi connectivity index (χ1n) is 10.1. The molecule has 2 heterocycles. The highest BCUT2D eigenvalue weighted by atomic mass is 79.9. The van der Waals surface area contributed by atoms with Crippen molar-refractivity contribution in [1.29, 1.82) is 0 Å². The van der Waals surface area contributed by atoms with E-state index in [1.165, 1.54) is 6.20 Å². The van der Waals surface area contributed by atoms with E-state index in [4.69, 9.17) is 4.74 Å². The summed E-state index contributed by atoms with van der Waals surface area (Å²) in [5.74, 6) is 0.773. The van der Waals surface area contributed by atoms with Gasteiger partial charge in [0.25, 0.3) is 11.8 Å². The fraction of sp³-hybridized carbons (Fsp3) is 0.208. The smallest absolute Gasteiger partial charge is 0.257 e. The summed E-state index contributed by atoms with van der Waals surface area (Å²) in [4.78, 5) is 31.6. The van der Waals surface area contributed by atoms with Crippen molar-refractivity contribution in [2.45, 2.75) is 19.8 Å². The minimum absolute atomic E-state index is 0.0159. The maximum Gasteiger partial charge on any atom is 0.257 e. The summed E-state index contributed by atoms with van der Waals surface area (Å²) in [5, 5.41) is 2.89. The molecule has 1 aliphatic rings. The van der Waals surface area contributed by atoms with E-state index in [2.05, 4.69) is 26.2 Å². The lowest BCUT2D eigenvalue weighted by Gasteiger charge is -2.18. The molecule has 0 spiro atoms. The van der Waals surface area contributed by atoms with Gasteiger partial charge >= 0.3 is 0 Å². The first-order chi connectivity index (χ1) is 15.0. The van der Waals surface area contributed by atoms with E-state index in [1.54, 1.807) is 30.3 Å². The third-order valence-electron chi connectivity index (χ3n) is 5.24. The number of aromatic nitrogens is 1. The Hall–Kier alpha value is -3.19. The summed E-state index contributed by atoms with van der Waals surface area (Å²) in [7, 11) is 0. The van der Waals surface area contributed by atoms with Crippen LogP contribution in [0.5, 0.6) is 11.6 Å². The van der Waals surface area contributed by atoms with E-state index in [1.807, 2.05) is 36.1 Å². The van der Waals surface area contributed by atoms with Gasteiger partial charge in [0.1, 0.15) is 5.75 Å². The fourth-order valence-corrected chi connectivity index (χ4v) is 3.75. The van der Waals surface area contributed by atoms with Gasteiger partial charge < -0.3 is 15.0 Å². The summed E-state index contributed by atoms with van der Waals surface area (Å²) in [6, 6.07) is 16.1. The largest absolute Gasteiger partial charge is 0.439 e. The number of nitrogens with zero attached hydrogens (tertiary/aromatic N) is 2. The molecular weight excluding hydrogens is 458 g/mol. The van der Waals surface area contributed by atoms with Crippen LogP contribution in [0.1, 0.15) is 39.1 Å². The lowest BCUT2D eigenvalue weighted by atomic mass is 10.1. The number of anilines is 1. The third-order valence-corrected chi connectivity index (χ3v) is 5.77. The van der Waals surface area contributed by atoms with Crippen LogP contribution < -0.4 is 10.1 Å². The Morgan fingerprint density at radius 2 is 1.77 bits per heavy atom. The third kappa shape index (κ3) is 4.94. The molecule has 6 nitrogen and oxygen atoms in total. The molecule has 1 saturated heterocycles. The lowest BCUT2D eigenvalue weighted by molar-refractivity contribution is 0.0791. The molecule has 0 bridgehead atoms. The van der Waals surface area contributed by atoms with Crippen molar-refractivity contribution in [3.63, 3.8) is 0 Å². The average Bonchev–Trinajstić information content (AvgIpc) is 3.32. The summed E-state index contributed by atoms with van der Waals surface area (Å²) < 4.78 is 6.65. The number of hydrogen-bond acceptors (Lipinski definition) is 4. The number of nitrogens with one attached hydrogen (secondary N) is 1. The van der Waals surface area contributed by atoms with Crippen molar-refractivity contribution in [2.24, 2.45) is 0 Å². The molecule has 0 aliphatic carbocycles. The van der Waals surface area contributed by atoms with Crippen LogP contribution in [-0.2, 0) is 0 Å². The van der Waals surface area contributed by atoms with Crippen LogP contribution in [0.25, 0.3) is 0 Å². The van der Waals surface area contributed by atoms with Crippen molar-refractivity contribution in [3.05, 3.63) is 82.0 Å². The number of ether oxygens (including phenoxy) is 1. The number of carbonyl (C=O) groups is 2. The molecular formula is C24H22BrN3O3. The SMILES string of the molecule is Cc1c(NC(=O)c2ccc(Oc3ccc(Br)cc3)nc2)cccc1C(=O)N1CCCC1. The molecule has 0 saturated carbocycles. The lowest BCUT2D eigenvalue weighted by Crippen LogP contribution is -2.28. The van der Waals surface area contributed by atoms with Crippen LogP contribution in [0.3, 0.4) is 0 Å². The summed E-state index contributed by atoms with van der Waals surface area (Å²) >= 11 is 3.38. The van der Waals surface area contributed by atoms with Gasteiger partial charge in [-0.2, -0.15) is 0 Å². The molecule has 158 valence electrons. The molecule has 0 unspecified atom stereocenters. The van der Waals surface area contributed by atoms with Gasteiger partial charge in [-0.25, -0.2) is 4.98 Å². The Balaban J connectivity index is 1.45. The second-order valence-corrected chi connectivity index (χ2v) is 8.29. The maximum atomic E-state index is 12.8. The molecule has 3 aromatic rings. The van der Waals surface area contributed by atoms with E-state index < -0.39 is 0 Å². The normalized spacial score (nSPS) is 13.2. The molecule has 0 radical (unpaired) electrons. The summed E-state index contributed by atoms with van der Waals surface area (Å²) in [5.41, 5.74) is 2.40. The number of halogens is 1. The molecule has 31 heavy (non-hydrogen) atoms. The van der Waals surface area contributed by atoms with Crippen LogP contribution in [0.4, 0.5) is 5.69 Å². The molecule has 2 aromatic carbocycles. The second kappa shape index (κ2) is 9.31. The van der Waals surface area contributed by atoms with Crippen molar-refractivity contribution >= 4 is 33.4 Å². The predicted octanol–water partition coefficient (Wildman–Crippen LogP) is 5.43. The number of benzene rings is 2. The number of pyridine rings is 1. The van der Waals surface area contributed by atoms with Crippen LogP contribution in [0.15, 0.2) is 65.3 Å². The zero-order valence-corrected chi connectivity index (χ0v) is 18.7. The Kier molecular flexibility index (Phi) is 6.32. The summed E-state index contributed by atoms with van der Waals surface area (Å²) in [6.45, 7) is 3.43. The number of rotatable bonds is 5. The van der Waals surface area contributed by atoms with Gasteiger partial charge in [0.05, 0.1) is 5.56 Å². The van der Waals surface area contributed by atoms with Crippen LogP contribution >= 0.6 is 15.9 Å². The molecule has 4 rings (SSSR count). The van der Waals surface area contributed by atoms with Gasteiger partial charge in [-0.05, 0) is 67.8 Å². The van der Waals surface area contributed by atoms with E-state index >= 15 is 0 Å². The van der Waals surface area contributed by atoms with Gasteiger partial charge in [0.2, 0.25) is 5.88 Å². The molecule has 7 heteroatoms. The minimum atomic E-state index is -0.295. The van der Waals surface area contributed by atoms with Gasteiger partial charge in [0.15, 0.2) is 0 Å². The zero-order chi connectivity index (χ0) is 21.8. The predicted molar refractivity (Wildman–Crippen MR) is 123 cm³/mol. The van der Waals surface area contributed by atoms with Crippen LogP contribution in [0.2, 0.25) is 0 Å². The topological polar surface area (TPSA) is 71.5 Å². The molecule has 2 amide bonds. The van der Waals surface area contributed by atoms with Gasteiger partial charge in [0, 0.05) is 41.1 Å². The minimum Gasteiger partial charge on any atom is -0.439 e. The molecule has 1 N–H and O–H groups in total. The van der Waals surface area contributed by atoms with E-state index in [-0.39, 0.29) is 11.8 Å². The van der Waals surface area contributed by atoms with Crippen molar-refractivity contribution in [1.82, 2.24) is 9.88 Å². The van der Waals surface area contributed by atoms with E-state index in [0.29, 0.717) is 28.4 Å². The van der Waals surface area contributed by atoms with Gasteiger partial charge in [-0.1, -0.05) is 22.0 Å². The van der Waals surface area contributed by atoms with Crippen molar-refractivity contribution in [3.8, 4) is 11.6 Å². The quantitative estimate of drug-likeness (QED) is 0.529. The first kappa shape index (κ1) is 21.1. The molecule has 1 aliphatic heterocycles. The Morgan fingerprint density at radius 1 is 1.03 bits per heavy atom. The second-order valence-electron chi connectivity index (χ2n) is 7.37. The maximum absolute atomic E-state index is 12.8. The number of hydrogen-bond donors (Lipinski definition) is 1. The van der Waals surface area contributed by atoms with Crippen LogP contribution in [0, 0.1) is 6.92 Å². The number of amides is 2.